The predicted octanol–water partition coefficient (Wildman–Crippen LogP) is 2.30. The topological polar surface area (TPSA) is 77.3 Å². The second-order valence-electron chi connectivity index (χ2n) is 4.45. The van der Waals surface area contributed by atoms with Crippen LogP contribution in [0.1, 0.15) is 19.4 Å². The maximum absolute atomic E-state index is 11.9. The first-order chi connectivity index (χ1) is 10.2. The summed E-state index contributed by atoms with van der Waals surface area (Å²) in [4.78, 5) is 14.8. The maximum Gasteiger partial charge on any atom is 0.252 e. The maximum atomic E-state index is 11.9. The zero-order valence-electron chi connectivity index (χ0n) is 12.3. The fourth-order valence-electron chi connectivity index (χ4n) is 2.08. The van der Waals surface area contributed by atoms with Gasteiger partial charge in [0, 0.05) is 17.7 Å². The lowest BCUT2D eigenvalue weighted by Crippen LogP contribution is -2.16. The molecule has 1 aromatic carbocycles. The molecule has 0 amide bonds. The van der Waals surface area contributed by atoms with E-state index in [4.69, 9.17) is 15.2 Å². The summed E-state index contributed by atoms with van der Waals surface area (Å²) < 4.78 is 11.1. The molecule has 0 saturated heterocycles. The lowest BCUT2D eigenvalue weighted by molar-refractivity contribution is 0.331. The first kappa shape index (κ1) is 15.1. The van der Waals surface area contributed by atoms with Gasteiger partial charge in [-0.05, 0) is 38.1 Å². The number of nitrogens with one attached hydrogen (secondary N) is 1. The zero-order valence-corrected chi connectivity index (χ0v) is 12.3. The first-order valence-corrected chi connectivity index (χ1v) is 7.01. The number of aromatic nitrogens is 1. The molecular weight excluding hydrogens is 268 g/mol. The van der Waals surface area contributed by atoms with Crippen LogP contribution in [-0.2, 0) is 6.54 Å². The van der Waals surface area contributed by atoms with E-state index in [1.54, 1.807) is 6.07 Å². The second-order valence-corrected chi connectivity index (χ2v) is 4.45. The molecule has 21 heavy (non-hydrogen) atoms. The van der Waals surface area contributed by atoms with Crippen molar-refractivity contribution in [3.8, 4) is 22.8 Å². The summed E-state index contributed by atoms with van der Waals surface area (Å²) in [5.74, 6) is 1.44. The molecule has 2 rings (SSSR count). The lowest BCUT2D eigenvalue weighted by atomic mass is 10.1. The van der Waals surface area contributed by atoms with Gasteiger partial charge in [0.1, 0.15) is 11.5 Å². The highest BCUT2D eigenvalue weighted by molar-refractivity contribution is 5.69. The van der Waals surface area contributed by atoms with Crippen molar-refractivity contribution in [2.24, 2.45) is 5.73 Å². The Labute approximate surface area is 123 Å². The summed E-state index contributed by atoms with van der Waals surface area (Å²) in [5.41, 5.74) is 7.37. The summed E-state index contributed by atoms with van der Waals surface area (Å²) in [6.45, 7) is 5.18. The van der Waals surface area contributed by atoms with Crippen LogP contribution in [0.15, 0.2) is 35.1 Å². The molecule has 0 bridgehead atoms. The molecule has 0 saturated carbocycles. The van der Waals surface area contributed by atoms with Gasteiger partial charge in [-0.1, -0.05) is 6.07 Å². The largest absolute Gasteiger partial charge is 0.494 e. The predicted molar refractivity (Wildman–Crippen MR) is 82.7 cm³/mol. The van der Waals surface area contributed by atoms with Gasteiger partial charge in [-0.25, -0.2) is 0 Å². The van der Waals surface area contributed by atoms with Crippen LogP contribution in [0.25, 0.3) is 11.3 Å². The summed E-state index contributed by atoms with van der Waals surface area (Å²) >= 11 is 0. The van der Waals surface area contributed by atoms with E-state index in [0.29, 0.717) is 30.2 Å². The van der Waals surface area contributed by atoms with Crippen LogP contribution in [-0.4, -0.2) is 18.2 Å². The minimum absolute atomic E-state index is 0.181. The monoisotopic (exact) mass is 288 g/mol. The van der Waals surface area contributed by atoms with Crippen molar-refractivity contribution in [1.82, 2.24) is 4.98 Å². The SMILES string of the molecule is CCOc1ccc(OCC)c(-c2ccc(CN)c(=O)[nH]2)c1. The Morgan fingerprint density at radius 2 is 1.86 bits per heavy atom. The average Bonchev–Trinajstić information content (AvgIpc) is 2.49. The molecule has 0 fully saturated rings. The van der Waals surface area contributed by atoms with Crippen molar-refractivity contribution in [3.63, 3.8) is 0 Å². The van der Waals surface area contributed by atoms with Crippen molar-refractivity contribution in [2.75, 3.05) is 13.2 Å². The van der Waals surface area contributed by atoms with E-state index in [0.717, 1.165) is 11.3 Å². The van der Waals surface area contributed by atoms with Gasteiger partial charge in [-0.2, -0.15) is 0 Å². The summed E-state index contributed by atoms with van der Waals surface area (Å²) in [6, 6.07) is 9.12. The van der Waals surface area contributed by atoms with E-state index in [9.17, 15) is 4.79 Å². The number of nitrogens with two attached hydrogens (primary N) is 1. The molecule has 0 aliphatic rings. The average molecular weight is 288 g/mol. The van der Waals surface area contributed by atoms with Gasteiger partial charge in [0.2, 0.25) is 0 Å². The Bertz CT molecular complexity index is 665. The number of hydrogen-bond donors (Lipinski definition) is 2. The first-order valence-electron chi connectivity index (χ1n) is 7.01. The Hall–Kier alpha value is -2.27. The summed E-state index contributed by atoms with van der Waals surface area (Å²) in [6.07, 6.45) is 0. The van der Waals surface area contributed by atoms with Crippen molar-refractivity contribution in [2.45, 2.75) is 20.4 Å². The molecule has 5 heteroatoms. The molecule has 3 N–H and O–H groups in total. The molecular formula is C16H20N2O3. The van der Waals surface area contributed by atoms with Gasteiger partial charge in [-0.15, -0.1) is 0 Å². The van der Waals surface area contributed by atoms with Crippen LogP contribution < -0.4 is 20.8 Å². The van der Waals surface area contributed by atoms with Gasteiger partial charge in [0.05, 0.1) is 18.9 Å². The summed E-state index contributed by atoms with van der Waals surface area (Å²) in [7, 11) is 0. The Balaban J connectivity index is 2.51. The zero-order chi connectivity index (χ0) is 15.2. The van der Waals surface area contributed by atoms with Gasteiger partial charge in [0.15, 0.2) is 0 Å². The fraction of sp³-hybridized carbons (Fsp3) is 0.312. The highest BCUT2D eigenvalue weighted by Crippen LogP contribution is 2.32. The van der Waals surface area contributed by atoms with Gasteiger partial charge in [0.25, 0.3) is 5.56 Å². The quantitative estimate of drug-likeness (QED) is 0.855. The molecule has 0 unspecified atom stereocenters. The van der Waals surface area contributed by atoms with E-state index in [2.05, 4.69) is 4.98 Å². The van der Waals surface area contributed by atoms with E-state index in [1.165, 1.54) is 0 Å². The molecule has 0 aliphatic heterocycles. The number of pyridine rings is 1. The highest BCUT2D eigenvalue weighted by atomic mass is 16.5. The molecule has 0 radical (unpaired) electrons. The standard InChI is InChI=1S/C16H20N2O3/c1-3-20-12-6-8-15(21-4-2)13(9-12)14-7-5-11(10-17)16(19)18-14/h5-9H,3-4,10,17H2,1-2H3,(H,18,19). The Morgan fingerprint density at radius 1 is 1.10 bits per heavy atom. The molecule has 0 atom stereocenters. The third-order valence-corrected chi connectivity index (χ3v) is 3.06. The summed E-state index contributed by atoms with van der Waals surface area (Å²) in [5, 5.41) is 0. The number of hydrogen-bond acceptors (Lipinski definition) is 4. The second kappa shape index (κ2) is 6.95. The number of aromatic amines is 1. The normalized spacial score (nSPS) is 10.4. The fourth-order valence-corrected chi connectivity index (χ4v) is 2.08. The van der Waals surface area contributed by atoms with Crippen LogP contribution >= 0.6 is 0 Å². The van der Waals surface area contributed by atoms with E-state index >= 15 is 0 Å². The van der Waals surface area contributed by atoms with E-state index in [1.807, 2.05) is 38.1 Å². The van der Waals surface area contributed by atoms with Gasteiger partial charge in [-0.3, -0.25) is 4.79 Å². The molecule has 1 heterocycles. The van der Waals surface area contributed by atoms with Crippen LogP contribution in [0.2, 0.25) is 0 Å². The smallest absolute Gasteiger partial charge is 0.252 e. The van der Waals surface area contributed by atoms with Crippen molar-refractivity contribution in [1.29, 1.82) is 0 Å². The molecule has 2 aromatic rings. The number of benzene rings is 1. The minimum atomic E-state index is -0.181. The Morgan fingerprint density at radius 3 is 2.48 bits per heavy atom. The molecule has 112 valence electrons. The van der Waals surface area contributed by atoms with Crippen LogP contribution in [0, 0.1) is 0 Å². The van der Waals surface area contributed by atoms with Crippen LogP contribution in [0.3, 0.4) is 0 Å². The lowest BCUT2D eigenvalue weighted by Gasteiger charge is -2.13. The third-order valence-electron chi connectivity index (χ3n) is 3.06. The highest BCUT2D eigenvalue weighted by Gasteiger charge is 2.10. The van der Waals surface area contributed by atoms with E-state index < -0.39 is 0 Å². The van der Waals surface area contributed by atoms with Crippen LogP contribution in [0.4, 0.5) is 0 Å². The van der Waals surface area contributed by atoms with E-state index in [-0.39, 0.29) is 12.1 Å². The van der Waals surface area contributed by atoms with Gasteiger partial charge < -0.3 is 20.2 Å². The third kappa shape index (κ3) is 3.44. The minimum Gasteiger partial charge on any atom is -0.494 e. The number of ether oxygens (including phenoxy) is 2. The Kier molecular flexibility index (Phi) is 5.00. The number of H-pyrrole nitrogens is 1. The molecule has 1 aromatic heterocycles. The van der Waals surface area contributed by atoms with Crippen molar-refractivity contribution < 1.29 is 9.47 Å². The molecule has 0 spiro atoms. The number of rotatable bonds is 6. The van der Waals surface area contributed by atoms with Crippen molar-refractivity contribution in [3.05, 3.63) is 46.2 Å². The van der Waals surface area contributed by atoms with Crippen LogP contribution in [0.5, 0.6) is 11.5 Å². The molecule has 5 nitrogen and oxygen atoms in total. The van der Waals surface area contributed by atoms with Gasteiger partial charge >= 0.3 is 0 Å². The molecule has 0 aliphatic carbocycles. The van der Waals surface area contributed by atoms with Crippen molar-refractivity contribution >= 4 is 0 Å².